The van der Waals surface area contributed by atoms with Crippen molar-refractivity contribution in [1.29, 1.82) is 0 Å². The zero-order chi connectivity index (χ0) is 15.6. The number of hydrogen-bond acceptors (Lipinski definition) is 3. The summed E-state index contributed by atoms with van der Waals surface area (Å²) in [6, 6.07) is 9.12. The quantitative estimate of drug-likeness (QED) is 0.929. The molecule has 0 spiro atoms. The SMILES string of the molecule is Cc1ccc(C(N)C(C)N2CCN(C(C)(C)C)CC2)cc1. The second kappa shape index (κ2) is 6.47. The summed E-state index contributed by atoms with van der Waals surface area (Å²) in [5, 5.41) is 0. The molecule has 0 radical (unpaired) electrons. The summed E-state index contributed by atoms with van der Waals surface area (Å²) in [4.78, 5) is 5.10. The molecule has 2 atom stereocenters. The fourth-order valence-electron chi connectivity index (χ4n) is 3.09. The lowest BCUT2D eigenvalue weighted by molar-refractivity contribution is 0.0401. The summed E-state index contributed by atoms with van der Waals surface area (Å²) in [6.45, 7) is 15.7. The van der Waals surface area contributed by atoms with Crippen molar-refractivity contribution in [3.63, 3.8) is 0 Å². The third-order valence-electron chi connectivity index (χ3n) is 4.82. The van der Waals surface area contributed by atoms with E-state index in [2.05, 4.69) is 68.7 Å². The van der Waals surface area contributed by atoms with Crippen molar-refractivity contribution in [3.8, 4) is 0 Å². The summed E-state index contributed by atoms with van der Waals surface area (Å²) in [7, 11) is 0. The molecule has 2 N–H and O–H groups in total. The normalized spacial score (nSPS) is 21.2. The van der Waals surface area contributed by atoms with Crippen LogP contribution in [0, 0.1) is 6.92 Å². The second-order valence-electron chi connectivity index (χ2n) is 7.37. The highest BCUT2D eigenvalue weighted by Gasteiger charge is 2.29. The van der Waals surface area contributed by atoms with E-state index in [-0.39, 0.29) is 11.6 Å². The molecule has 21 heavy (non-hydrogen) atoms. The van der Waals surface area contributed by atoms with E-state index < -0.39 is 0 Å². The zero-order valence-corrected chi connectivity index (χ0v) is 14.3. The standard InChI is InChI=1S/C18H31N3/c1-14-6-8-16(9-7-14)17(19)15(2)20-10-12-21(13-11-20)18(3,4)5/h6-9,15,17H,10-13,19H2,1-5H3. The molecule has 3 heteroatoms. The molecule has 1 fully saturated rings. The van der Waals surface area contributed by atoms with Gasteiger partial charge in [-0.3, -0.25) is 9.80 Å². The van der Waals surface area contributed by atoms with Crippen LogP contribution >= 0.6 is 0 Å². The Morgan fingerprint density at radius 1 is 1.00 bits per heavy atom. The lowest BCUT2D eigenvalue weighted by Gasteiger charge is -2.45. The lowest BCUT2D eigenvalue weighted by atomic mass is 9.98. The molecule has 3 nitrogen and oxygen atoms in total. The van der Waals surface area contributed by atoms with Gasteiger partial charge in [-0.2, -0.15) is 0 Å². The van der Waals surface area contributed by atoms with Crippen molar-refractivity contribution in [3.05, 3.63) is 35.4 Å². The first-order valence-corrected chi connectivity index (χ1v) is 8.10. The molecule has 1 aliphatic rings. The average Bonchev–Trinajstić information content (AvgIpc) is 2.46. The average molecular weight is 289 g/mol. The maximum Gasteiger partial charge on any atom is 0.0450 e. The Morgan fingerprint density at radius 3 is 2.00 bits per heavy atom. The third kappa shape index (κ3) is 4.06. The van der Waals surface area contributed by atoms with E-state index in [0.717, 1.165) is 26.2 Å². The molecule has 2 rings (SSSR count). The van der Waals surface area contributed by atoms with Gasteiger partial charge in [0.05, 0.1) is 0 Å². The van der Waals surface area contributed by atoms with Crippen molar-refractivity contribution < 1.29 is 0 Å². The molecule has 0 aliphatic carbocycles. The molecular weight excluding hydrogens is 258 g/mol. The van der Waals surface area contributed by atoms with Gasteiger partial charge in [-0.15, -0.1) is 0 Å². The van der Waals surface area contributed by atoms with E-state index in [4.69, 9.17) is 5.73 Å². The molecule has 0 amide bonds. The monoisotopic (exact) mass is 289 g/mol. The molecule has 1 aliphatic heterocycles. The molecular formula is C18H31N3. The number of nitrogens with two attached hydrogens (primary N) is 1. The van der Waals surface area contributed by atoms with E-state index in [9.17, 15) is 0 Å². The second-order valence-corrected chi connectivity index (χ2v) is 7.37. The topological polar surface area (TPSA) is 32.5 Å². The molecule has 1 aromatic carbocycles. The fourth-order valence-corrected chi connectivity index (χ4v) is 3.09. The number of piperazine rings is 1. The number of nitrogens with zero attached hydrogens (tertiary/aromatic N) is 2. The van der Waals surface area contributed by atoms with Crippen LogP contribution in [-0.4, -0.2) is 47.6 Å². The Morgan fingerprint density at radius 2 is 1.52 bits per heavy atom. The van der Waals surface area contributed by atoms with E-state index in [1.54, 1.807) is 0 Å². The van der Waals surface area contributed by atoms with Crippen LogP contribution in [0.3, 0.4) is 0 Å². The van der Waals surface area contributed by atoms with Crippen LogP contribution in [0.15, 0.2) is 24.3 Å². The minimum atomic E-state index is 0.0896. The zero-order valence-electron chi connectivity index (χ0n) is 14.3. The van der Waals surface area contributed by atoms with Gasteiger partial charge in [0.1, 0.15) is 0 Å². The van der Waals surface area contributed by atoms with Gasteiger partial charge in [0, 0.05) is 43.8 Å². The lowest BCUT2D eigenvalue weighted by Crippen LogP contribution is -2.56. The van der Waals surface area contributed by atoms with Crippen LogP contribution in [0.25, 0.3) is 0 Å². The molecule has 0 aromatic heterocycles. The van der Waals surface area contributed by atoms with E-state index in [1.165, 1.54) is 11.1 Å². The molecule has 1 heterocycles. The van der Waals surface area contributed by atoms with Gasteiger partial charge in [0.15, 0.2) is 0 Å². The predicted molar refractivity (Wildman–Crippen MR) is 90.5 cm³/mol. The molecule has 0 bridgehead atoms. The fraction of sp³-hybridized carbons (Fsp3) is 0.667. The van der Waals surface area contributed by atoms with Crippen molar-refractivity contribution in [2.45, 2.75) is 52.2 Å². The highest BCUT2D eigenvalue weighted by molar-refractivity contribution is 5.24. The smallest absolute Gasteiger partial charge is 0.0450 e. The van der Waals surface area contributed by atoms with Crippen LogP contribution in [-0.2, 0) is 0 Å². The van der Waals surface area contributed by atoms with Crippen LogP contribution in [0.4, 0.5) is 0 Å². The Bertz CT molecular complexity index is 439. The van der Waals surface area contributed by atoms with Crippen LogP contribution in [0.5, 0.6) is 0 Å². The maximum atomic E-state index is 6.48. The predicted octanol–water partition coefficient (Wildman–Crippen LogP) is 2.80. The van der Waals surface area contributed by atoms with Crippen LogP contribution < -0.4 is 5.73 Å². The third-order valence-corrected chi connectivity index (χ3v) is 4.82. The van der Waals surface area contributed by atoms with Gasteiger partial charge in [-0.1, -0.05) is 29.8 Å². The Balaban J connectivity index is 1.95. The molecule has 1 aromatic rings. The summed E-state index contributed by atoms with van der Waals surface area (Å²) in [6.07, 6.45) is 0. The number of rotatable bonds is 3. The number of hydrogen-bond donors (Lipinski definition) is 1. The molecule has 1 saturated heterocycles. The van der Waals surface area contributed by atoms with E-state index in [0.29, 0.717) is 6.04 Å². The molecule has 2 unspecified atom stereocenters. The van der Waals surface area contributed by atoms with Gasteiger partial charge < -0.3 is 5.73 Å². The van der Waals surface area contributed by atoms with Crippen molar-refractivity contribution >= 4 is 0 Å². The Kier molecular flexibility index (Phi) is 5.07. The highest BCUT2D eigenvalue weighted by atomic mass is 15.3. The van der Waals surface area contributed by atoms with Crippen LogP contribution in [0.2, 0.25) is 0 Å². The van der Waals surface area contributed by atoms with E-state index >= 15 is 0 Å². The van der Waals surface area contributed by atoms with Crippen molar-refractivity contribution in [2.24, 2.45) is 5.73 Å². The first kappa shape index (κ1) is 16.5. The largest absolute Gasteiger partial charge is 0.323 e. The first-order chi connectivity index (χ1) is 9.79. The minimum Gasteiger partial charge on any atom is -0.323 e. The maximum absolute atomic E-state index is 6.48. The summed E-state index contributed by atoms with van der Waals surface area (Å²) >= 11 is 0. The number of aryl methyl sites for hydroxylation is 1. The number of benzene rings is 1. The van der Waals surface area contributed by atoms with Gasteiger partial charge in [0.25, 0.3) is 0 Å². The van der Waals surface area contributed by atoms with Gasteiger partial charge in [-0.05, 0) is 40.2 Å². The van der Waals surface area contributed by atoms with Gasteiger partial charge in [-0.25, -0.2) is 0 Å². The van der Waals surface area contributed by atoms with Crippen molar-refractivity contribution in [2.75, 3.05) is 26.2 Å². The first-order valence-electron chi connectivity index (χ1n) is 8.10. The minimum absolute atomic E-state index is 0.0896. The van der Waals surface area contributed by atoms with Crippen LogP contribution in [0.1, 0.15) is 44.9 Å². The van der Waals surface area contributed by atoms with E-state index in [1.807, 2.05) is 0 Å². The molecule has 0 saturated carbocycles. The summed E-state index contributed by atoms with van der Waals surface area (Å²) in [5.41, 5.74) is 9.29. The van der Waals surface area contributed by atoms with Gasteiger partial charge in [0.2, 0.25) is 0 Å². The van der Waals surface area contributed by atoms with Gasteiger partial charge >= 0.3 is 0 Å². The Labute approximate surface area is 130 Å². The summed E-state index contributed by atoms with van der Waals surface area (Å²) in [5.74, 6) is 0. The summed E-state index contributed by atoms with van der Waals surface area (Å²) < 4.78 is 0. The Hall–Kier alpha value is -0.900. The van der Waals surface area contributed by atoms with Crippen molar-refractivity contribution in [1.82, 2.24) is 9.80 Å². The highest BCUT2D eigenvalue weighted by Crippen LogP contribution is 2.22. The molecule has 118 valence electrons.